The fourth-order valence-electron chi connectivity index (χ4n) is 1.22. The second-order valence-electron chi connectivity index (χ2n) is 3.24. The van der Waals surface area contributed by atoms with Gasteiger partial charge in [-0.2, -0.15) is 0 Å². The highest BCUT2D eigenvalue weighted by Gasteiger charge is 1.95. The molecule has 0 bridgehead atoms. The van der Waals surface area contributed by atoms with Crippen molar-refractivity contribution in [2.24, 2.45) is 0 Å². The highest BCUT2D eigenvalue weighted by Crippen LogP contribution is 2.13. The Bertz CT molecular complexity index is 282. The fourth-order valence-corrected chi connectivity index (χ4v) is 1.45. The Morgan fingerprint density at radius 1 is 1.27 bits per heavy atom. The minimum atomic E-state index is 0.587. The molecule has 0 saturated heterocycles. The Kier molecular flexibility index (Phi) is 6.09. The highest BCUT2D eigenvalue weighted by molar-refractivity contribution is 9.09. The van der Waals surface area contributed by atoms with E-state index in [2.05, 4.69) is 15.9 Å². The van der Waals surface area contributed by atoms with E-state index < -0.39 is 0 Å². The zero-order valence-corrected chi connectivity index (χ0v) is 10.2. The predicted octanol–water partition coefficient (Wildman–Crippen LogP) is 2.98. The van der Waals surface area contributed by atoms with Gasteiger partial charge in [-0.05, 0) is 30.5 Å². The Morgan fingerprint density at radius 2 is 2.00 bits per heavy atom. The van der Waals surface area contributed by atoms with Gasteiger partial charge in [0.2, 0.25) is 0 Å². The molecule has 15 heavy (non-hydrogen) atoms. The molecule has 1 aromatic rings. The van der Waals surface area contributed by atoms with Crippen LogP contribution in [0.4, 0.5) is 0 Å². The van der Waals surface area contributed by atoms with Crippen LogP contribution < -0.4 is 4.74 Å². The second-order valence-corrected chi connectivity index (χ2v) is 4.03. The van der Waals surface area contributed by atoms with E-state index >= 15 is 0 Å². The maximum atomic E-state index is 10.2. The van der Waals surface area contributed by atoms with Crippen LogP contribution in [-0.2, 0) is 11.2 Å². The Hall–Kier alpha value is -0.830. The summed E-state index contributed by atoms with van der Waals surface area (Å²) in [7, 11) is 0. The first-order chi connectivity index (χ1) is 7.36. The summed E-state index contributed by atoms with van der Waals surface area (Å²) in [6, 6.07) is 7.92. The minimum absolute atomic E-state index is 0.587. The lowest BCUT2D eigenvalue weighted by atomic mass is 10.1. The molecule has 0 atom stereocenters. The monoisotopic (exact) mass is 270 g/mol. The zero-order valence-electron chi connectivity index (χ0n) is 8.62. The van der Waals surface area contributed by atoms with Crippen LogP contribution in [0.5, 0.6) is 5.75 Å². The van der Waals surface area contributed by atoms with Gasteiger partial charge in [-0.25, -0.2) is 0 Å². The van der Waals surface area contributed by atoms with Crippen LogP contribution in [0.15, 0.2) is 24.3 Å². The highest BCUT2D eigenvalue weighted by atomic mass is 79.9. The van der Waals surface area contributed by atoms with Gasteiger partial charge in [-0.15, -0.1) is 0 Å². The summed E-state index contributed by atoms with van der Waals surface area (Å²) in [5, 5.41) is 0.963. The third-order valence-corrected chi connectivity index (χ3v) is 2.58. The molecule has 82 valence electrons. The van der Waals surface area contributed by atoms with E-state index in [1.54, 1.807) is 0 Å². The quantitative estimate of drug-likeness (QED) is 0.433. The summed E-state index contributed by atoms with van der Waals surface area (Å²) < 4.78 is 5.51. The van der Waals surface area contributed by atoms with Crippen molar-refractivity contribution in [1.82, 2.24) is 0 Å². The van der Waals surface area contributed by atoms with Gasteiger partial charge in [0.1, 0.15) is 12.0 Å². The van der Waals surface area contributed by atoms with Crippen LogP contribution in [0, 0.1) is 0 Å². The van der Waals surface area contributed by atoms with Crippen molar-refractivity contribution >= 4 is 22.2 Å². The van der Waals surface area contributed by atoms with Crippen molar-refractivity contribution in [3.8, 4) is 5.75 Å². The van der Waals surface area contributed by atoms with Gasteiger partial charge in [0.15, 0.2) is 0 Å². The van der Waals surface area contributed by atoms with E-state index in [0.717, 1.165) is 36.8 Å². The summed E-state index contributed by atoms with van der Waals surface area (Å²) in [5.74, 6) is 0.894. The number of carbonyl (C=O) groups is 1. The van der Waals surface area contributed by atoms with E-state index in [1.165, 1.54) is 5.56 Å². The molecule has 3 heteroatoms. The lowest BCUT2D eigenvalue weighted by molar-refractivity contribution is -0.107. The summed E-state index contributed by atoms with van der Waals surface area (Å²) >= 11 is 3.35. The Labute approximate surface area is 98.8 Å². The molecule has 0 saturated carbocycles. The predicted molar refractivity (Wildman–Crippen MR) is 64.7 cm³/mol. The smallest absolute Gasteiger partial charge is 0.120 e. The van der Waals surface area contributed by atoms with E-state index in [0.29, 0.717) is 6.42 Å². The molecule has 0 N–H and O–H groups in total. The maximum absolute atomic E-state index is 10.2. The molecular formula is C12H15BrO2. The number of halogens is 1. The van der Waals surface area contributed by atoms with Crippen molar-refractivity contribution in [3.05, 3.63) is 29.8 Å². The van der Waals surface area contributed by atoms with Gasteiger partial charge < -0.3 is 9.53 Å². The number of alkyl halides is 1. The van der Waals surface area contributed by atoms with Gasteiger partial charge in [0.05, 0.1) is 6.61 Å². The normalized spacial score (nSPS) is 9.93. The molecule has 0 amide bonds. The van der Waals surface area contributed by atoms with Crippen molar-refractivity contribution in [1.29, 1.82) is 0 Å². The molecule has 2 nitrogen and oxygen atoms in total. The van der Waals surface area contributed by atoms with Gasteiger partial charge >= 0.3 is 0 Å². The summed E-state index contributed by atoms with van der Waals surface area (Å²) in [6.07, 6.45) is 3.35. The van der Waals surface area contributed by atoms with Crippen LogP contribution in [0.2, 0.25) is 0 Å². The fraction of sp³-hybridized carbons (Fsp3) is 0.417. The van der Waals surface area contributed by atoms with Gasteiger partial charge in [-0.1, -0.05) is 28.1 Å². The van der Waals surface area contributed by atoms with Crippen LogP contribution >= 0.6 is 15.9 Å². The summed E-state index contributed by atoms with van der Waals surface area (Å²) in [5.41, 5.74) is 1.18. The first-order valence-corrected chi connectivity index (χ1v) is 6.20. The SMILES string of the molecule is O=CCCc1ccc(OCCCBr)cc1. The van der Waals surface area contributed by atoms with Crippen LogP contribution in [0.25, 0.3) is 0 Å². The first-order valence-electron chi connectivity index (χ1n) is 5.08. The van der Waals surface area contributed by atoms with Crippen LogP contribution in [0.3, 0.4) is 0 Å². The average Bonchev–Trinajstić information content (AvgIpc) is 2.28. The van der Waals surface area contributed by atoms with Gasteiger partial charge in [0.25, 0.3) is 0 Å². The molecule has 0 spiro atoms. The molecule has 0 aliphatic rings. The van der Waals surface area contributed by atoms with Crippen molar-refractivity contribution in [2.75, 3.05) is 11.9 Å². The van der Waals surface area contributed by atoms with Crippen LogP contribution in [-0.4, -0.2) is 18.2 Å². The third-order valence-electron chi connectivity index (χ3n) is 2.02. The van der Waals surface area contributed by atoms with Gasteiger partial charge in [-0.3, -0.25) is 0 Å². The molecule has 0 unspecified atom stereocenters. The molecule has 1 rings (SSSR count). The van der Waals surface area contributed by atoms with E-state index in [1.807, 2.05) is 24.3 Å². The molecule has 1 aromatic carbocycles. The lowest BCUT2D eigenvalue weighted by Crippen LogP contribution is -1.97. The van der Waals surface area contributed by atoms with Crippen molar-refractivity contribution in [2.45, 2.75) is 19.3 Å². The van der Waals surface area contributed by atoms with Crippen molar-refractivity contribution < 1.29 is 9.53 Å². The summed E-state index contributed by atoms with van der Waals surface area (Å²) in [6.45, 7) is 0.735. The lowest BCUT2D eigenvalue weighted by Gasteiger charge is -2.05. The topological polar surface area (TPSA) is 26.3 Å². The van der Waals surface area contributed by atoms with Crippen LogP contribution in [0.1, 0.15) is 18.4 Å². The van der Waals surface area contributed by atoms with Crippen molar-refractivity contribution in [3.63, 3.8) is 0 Å². The average molecular weight is 271 g/mol. The Balaban J connectivity index is 2.38. The van der Waals surface area contributed by atoms with E-state index in [4.69, 9.17) is 4.74 Å². The molecule has 0 fully saturated rings. The Morgan fingerprint density at radius 3 is 2.60 bits per heavy atom. The van der Waals surface area contributed by atoms with E-state index in [9.17, 15) is 4.79 Å². The molecule has 0 heterocycles. The number of carbonyl (C=O) groups excluding carboxylic acids is 1. The number of benzene rings is 1. The summed E-state index contributed by atoms with van der Waals surface area (Å²) in [4.78, 5) is 10.2. The first kappa shape index (κ1) is 12.2. The standard InChI is InChI=1S/C12H15BrO2/c13-8-2-10-15-12-6-4-11(5-7-12)3-1-9-14/h4-7,9H,1-3,8,10H2. The third kappa shape index (κ3) is 4.98. The number of aldehydes is 1. The second kappa shape index (κ2) is 7.46. The van der Waals surface area contributed by atoms with Gasteiger partial charge in [0, 0.05) is 11.8 Å². The van der Waals surface area contributed by atoms with E-state index in [-0.39, 0.29) is 0 Å². The zero-order chi connectivity index (χ0) is 10.9. The number of ether oxygens (including phenoxy) is 1. The molecule has 0 aromatic heterocycles. The largest absolute Gasteiger partial charge is 0.494 e. The molecule has 0 radical (unpaired) electrons. The maximum Gasteiger partial charge on any atom is 0.120 e. The molecular weight excluding hydrogens is 256 g/mol. The number of hydrogen-bond acceptors (Lipinski definition) is 2. The number of hydrogen-bond donors (Lipinski definition) is 0. The number of aryl methyl sites for hydroxylation is 1. The minimum Gasteiger partial charge on any atom is -0.494 e. The number of rotatable bonds is 7. The molecule has 0 aliphatic carbocycles. The molecule has 0 aliphatic heterocycles.